The van der Waals surface area contributed by atoms with E-state index in [9.17, 15) is 9.59 Å². The molecule has 1 atom stereocenters. The van der Waals surface area contributed by atoms with Crippen LogP contribution >= 0.6 is 11.6 Å². The Bertz CT molecular complexity index is 748. The summed E-state index contributed by atoms with van der Waals surface area (Å²) in [5.74, 6) is -0.330. The summed E-state index contributed by atoms with van der Waals surface area (Å²) in [6, 6.07) is 8.33. The molecule has 6 heteroatoms. The predicted molar refractivity (Wildman–Crippen MR) is 90.9 cm³/mol. The first-order chi connectivity index (χ1) is 11.3. The van der Waals surface area contributed by atoms with Crippen LogP contribution < -0.4 is 4.74 Å². The van der Waals surface area contributed by atoms with E-state index < -0.39 is 12.1 Å². The van der Waals surface area contributed by atoms with Crippen LogP contribution in [0.3, 0.4) is 0 Å². The van der Waals surface area contributed by atoms with E-state index >= 15 is 0 Å². The second-order valence-corrected chi connectivity index (χ2v) is 5.74. The van der Waals surface area contributed by atoms with Crippen molar-refractivity contribution in [1.29, 1.82) is 0 Å². The smallest absolute Gasteiger partial charge is 0.342 e. The largest absolute Gasteiger partial charge is 0.497 e. The Morgan fingerprint density at radius 1 is 1.17 bits per heavy atom. The zero-order valence-electron chi connectivity index (χ0n) is 13.9. The summed E-state index contributed by atoms with van der Waals surface area (Å²) in [5, 5.41) is 0.0709. The Morgan fingerprint density at radius 2 is 1.79 bits per heavy atom. The summed E-state index contributed by atoms with van der Waals surface area (Å²) in [6.07, 6.45) is -0.942. The number of hydrogen-bond acceptors (Lipinski definition) is 5. The van der Waals surface area contributed by atoms with Crippen LogP contribution in [0.25, 0.3) is 0 Å². The zero-order chi connectivity index (χ0) is 17.9. The molecule has 0 aliphatic rings. The molecule has 1 aromatic carbocycles. The van der Waals surface area contributed by atoms with Crippen molar-refractivity contribution in [2.75, 3.05) is 7.11 Å². The van der Waals surface area contributed by atoms with Crippen molar-refractivity contribution in [1.82, 2.24) is 4.98 Å². The second kappa shape index (κ2) is 7.45. The SMILES string of the molecule is COc1ccc(C(=O)[C@H](C)OC(=O)c2c(C)cc(C)nc2Cl)cc1. The number of hydrogen-bond donors (Lipinski definition) is 0. The Labute approximate surface area is 145 Å². The lowest BCUT2D eigenvalue weighted by molar-refractivity contribution is 0.0318. The molecule has 0 saturated carbocycles. The van der Waals surface area contributed by atoms with Crippen LogP contribution in [0.15, 0.2) is 30.3 Å². The number of pyridine rings is 1. The molecule has 0 aliphatic carbocycles. The monoisotopic (exact) mass is 347 g/mol. The molecule has 126 valence electrons. The Balaban J connectivity index is 2.15. The number of rotatable bonds is 5. The average molecular weight is 348 g/mol. The van der Waals surface area contributed by atoms with Crippen LogP contribution in [0.2, 0.25) is 5.15 Å². The van der Waals surface area contributed by atoms with Gasteiger partial charge in [-0.25, -0.2) is 9.78 Å². The van der Waals surface area contributed by atoms with E-state index in [4.69, 9.17) is 21.1 Å². The van der Waals surface area contributed by atoms with Gasteiger partial charge in [-0.3, -0.25) is 4.79 Å². The first kappa shape index (κ1) is 17.9. The number of carbonyl (C=O) groups excluding carboxylic acids is 2. The lowest BCUT2D eigenvalue weighted by Crippen LogP contribution is -2.25. The maximum atomic E-state index is 12.4. The Hall–Kier alpha value is -2.40. The maximum Gasteiger partial charge on any atom is 0.342 e. The minimum Gasteiger partial charge on any atom is -0.497 e. The number of benzene rings is 1. The standard InChI is InChI=1S/C18H18ClNO4/c1-10-9-11(2)20-17(19)15(10)18(22)24-12(3)16(21)13-5-7-14(23-4)8-6-13/h5-9,12H,1-4H3/t12-/m0/s1. The number of halogens is 1. The Morgan fingerprint density at radius 3 is 2.33 bits per heavy atom. The average Bonchev–Trinajstić information content (AvgIpc) is 2.53. The molecule has 1 heterocycles. The van der Waals surface area contributed by atoms with Crippen LogP contribution in [0.4, 0.5) is 0 Å². The molecule has 2 rings (SSSR count). The molecule has 0 amide bonds. The summed E-state index contributed by atoms with van der Waals surface area (Å²) >= 11 is 6.03. The van der Waals surface area contributed by atoms with E-state index in [1.165, 1.54) is 6.92 Å². The number of ketones is 1. The third-order valence-corrected chi connectivity index (χ3v) is 3.81. The van der Waals surface area contributed by atoms with Gasteiger partial charge in [0.1, 0.15) is 10.9 Å². The number of Topliss-reactive ketones (excluding diaryl/α,β-unsaturated/α-hetero) is 1. The van der Waals surface area contributed by atoms with Gasteiger partial charge in [0.15, 0.2) is 6.10 Å². The summed E-state index contributed by atoms with van der Waals surface area (Å²) in [4.78, 5) is 28.7. The molecule has 0 spiro atoms. The second-order valence-electron chi connectivity index (χ2n) is 5.39. The van der Waals surface area contributed by atoms with Crippen molar-refractivity contribution < 1.29 is 19.1 Å². The van der Waals surface area contributed by atoms with Gasteiger partial charge in [0.2, 0.25) is 5.78 Å². The molecule has 0 aliphatic heterocycles. The highest BCUT2D eigenvalue weighted by atomic mass is 35.5. The Kier molecular flexibility index (Phi) is 5.57. The number of esters is 1. The minimum atomic E-state index is -0.942. The molecule has 0 radical (unpaired) electrons. The van der Waals surface area contributed by atoms with Crippen molar-refractivity contribution in [2.45, 2.75) is 26.9 Å². The molecular weight excluding hydrogens is 330 g/mol. The van der Waals surface area contributed by atoms with Crippen molar-refractivity contribution >= 4 is 23.4 Å². The molecule has 0 N–H and O–H groups in total. The molecule has 0 bridgehead atoms. The lowest BCUT2D eigenvalue weighted by atomic mass is 10.1. The number of carbonyl (C=O) groups is 2. The first-order valence-electron chi connectivity index (χ1n) is 7.36. The fraction of sp³-hybridized carbons (Fsp3) is 0.278. The van der Waals surface area contributed by atoms with Gasteiger partial charge in [-0.2, -0.15) is 0 Å². The van der Waals surface area contributed by atoms with Crippen LogP contribution in [0.1, 0.15) is 38.9 Å². The zero-order valence-corrected chi connectivity index (χ0v) is 14.7. The summed E-state index contributed by atoms with van der Waals surface area (Å²) in [6.45, 7) is 5.05. The summed E-state index contributed by atoms with van der Waals surface area (Å²) < 4.78 is 10.3. The van der Waals surface area contributed by atoms with Gasteiger partial charge in [0.25, 0.3) is 0 Å². The topological polar surface area (TPSA) is 65.5 Å². The van der Waals surface area contributed by atoms with E-state index in [1.54, 1.807) is 51.3 Å². The van der Waals surface area contributed by atoms with E-state index in [2.05, 4.69) is 4.98 Å². The number of aromatic nitrogens is 1. The summed E-state index contributed by atoms with van der Waals surface area (Å²) in [5.41, 5.74) is 1.97. The number of ether oxygens (including phenoxy) is 2. The maximum absolute atomic E-state index is 12.4. The van der Waals surface area contributed by atoms with Gasteiger partial charge in [-0.1, -0.05) is 11.6 Å². The van der Waals surface area contributed by atoms with Crippen LogP contribution in [-0.2, 0) is 4.74 Å². The van der Waals surface area contributed by atoms with Gasteiger partial charge in [-0.15, -0.1) is 0 Å². The fourth-order valence-corrected chi connectivity index (χ4v) is 2.66. The molecule has 5 nitrogen and oxygen atoms in total. The predicted octanol–water partition coefficient (Wildman–Crippen LogP) is 3.79. The first-order valence-corrected chi connectivity index (χ1v) is 7.74. The normalized spacial score (nSPS) is 11.7. The highest BCUT2D eigenvalue weighted by Gasteiger charge is 2.23. The van der Waals surface area contributed by atoms with Crippen molar-refractivity contribution in [2.24, 2.45) is 0 Å². The van der Waals surface area contributed by atoms with Crippen molar-refractivity contribution in [3.05, 3.63) is 57.9 Å². The van der Waals surface area contributed by atoms with Crippen molar-refractivity contribution in [3.63, 3.8) is 0 Å². The lowest BCUT2D eigenvalue weighted by Gasteiger charge is -2.14. The van der Waals surface area contributed by atoms with Gasteiger partial charge in [-0.05, 0) is 56.7 Å². The van der Waals surface area contributed by atoms with E-state index in [0.717, 1.165) is 0 Å². The van der Waals surface area contributed by atoms with Gasteiger partial charge < -0.3 is 9.47 Å². The molecule has 0 unspecified atom stereocenters. The highest BCUT2D eigenvalue weighted by Crippen LogP contribution is 2.21. The highest BCUT2D eigenvalue weighted by molar-refractivity contribution is 6.32. The fourth-order valence-electron chi connectivity index (χ4n) is 2.30. The van der Waals surface area contributed by atoms with Crippen molar-refractivity contribution in [3.8, 4) is 5.75 Å². The van der Waals surface area contributed by atoms with Gasteiger partial charge in [0.05, 0.1) is 12.7 Å². The third kappa shape index (κ3) is 3.92. The molecule has 24 heavy (non-hydrogen) atoms. The van der Waals surface area contributed by atoms with Gasteiger partial charge in [0, 0.05) is 11.3 Å². The summed E-state index contributed by atoms with van der Waals surface area (Å²) in [7, 11) is 1.54. The van der Waals surface area contributed by atoms with E-state index in [0.29, 0.717) is 22.6 Å². The van der Waals surface area contributed by atoms with Gasteiger partial charge >= 0.3 is 5.97 Å². The molecule has 0 saturated heterocycles. The van der Waals surface area contributed by atoms with Crippen LogP contribution in [0.5, 0.6) is 5.75 Å². The number of aryl methyl sites for hydroxylation is 2. The number of nitrogens with zero attached hydrogens (tertiary/aromatic N) is 1. The minimum absolute atomic E-state index is 0.0709. The third-order valence-electron chi connectivity index (χ3n) is 3.53. The molecule has 2 aromatic rings. The molecule has 1 aromatic heterocycles. The number of methoxy groups -OCH3 is 1. The van der Waals surface area contributed by atoms with Crippen LogP contribution in [0, 0.1) is 13.8 Å². The van der Waals surface area contributed by atoms with E-state index in [1.807, 2.05) is 0 Å². The molecular formula is C18H18ClNO4. The van der Waals surface area contributed by atoms with Crippen LogP contribution in [-0.4, -0.2) is 30.0 Å². The molecule has 0 fully saturated rings. The quantitative estimate of drug-likeness (QED) is 0.467. The van der Waals surface area contributed by atoms with E-state index in [-0.39, 0.29) is 16.5 Å².